The van der Waals surface area contributed by atoms with E-state index in [1.165, 1.54) is 75.8 Å². The van der Waals surface area contributed by atoms with Gasteiger partial charge in [-0.15, -0.1) is 0 Å². The molecule has 0 unspecified atom stereocenters. The third-order valence-corrected chi connectivity index (χ3v) is 4.99. The Kier molecular flexibility index (Phi) is 9.71. The zero-order chi connectivity index (χ0) is 18.5. The van der Waals surface area contributed by atoms with Gasteiger partial charge in [0, 0.05) is 6.07 Å². The lowest BCUT2D eigenvalue weighted by molar-refractivity contribution is 0.449. The molecule has 0 atom stereocenters. The Bertz CT molecular complexity index is 587. The lowest BCUT2D eigenvalue weighted by Gasteiger charge is -2.05. The maximum absolute atomic E-state index is 9.47. The van der Waals surface area contributed by atoms with Crippen LogP contribution in [0.3, 0.4) is 0 Å². The number of aromatic hydroxyl groups is 2. The molecule has 0 saturated heterocycles. The van der Waals surface area contributed by atoms with Crippen molar-refractivity contribution in [1.82, 2.24) is 0 Å². The molecule has 142 valence electrons. The van der Waals surface area contributed by atoms with Crippen molar-refractivity contribution in [3.8, 4) is 11.5 Å². The number of benzene rings is 2. The lowest BCUT2D eigenvalue weighted by atomic mass is 10.0. The van der Waals surface area contributed by atoms with Gasteiger partial charge in [-0.1, -0.05) is 81.7 Å². The molecular formula is C24H34O2. The molecule has 0 aromatic heterocycles. The van der Waals surface area contributed by atoms with Gasteiger partial charge in [0.05, 0.1) is 0 Å². The summed E-state index contributed by atoms with van der Waals surface area (Å²) in [5.41, 5.74) is 2.49. The number of hydrogen-bond donors (Lipinski definition) is 2. The summed E-state index contributed by atoms with van der Waals surface area (Å²) in [5, 5.41) is 18.9. The van der Waals surface area contributed by atoms with Crippen LogP contribution in [0.5, 0.6) is 11.5 Å². The average molecular weight is 355 g/mol. The summed E-state index contributed by atoms with van der Waals surface area (Å²) >= 11 is 0. The molecule has 0 saturated carbocycles. The quantitative estimate of drug-likeness (QED) is 0.389. The summed E-state index contributed by atoms with van der Waals surface area (Å²) in [6, 6.07) is 15.7. The van der Waals surface area contributed by atoms with Gasteiger partial charge in [-0.2, -0.15) is 0 Å². The van der Waals surface area contributed by atoms with Gasteiger partial charge >= 0.3 is 0 Å². The maximum Gasteiger partial charge on any atom is 0.119 e. The van der Waals surface area contributed by atoms with E-state index in [-0.39, 0.29) is 11.5 Å². The van der Waals surface area contributed by atoms with Crippen LogP contribution in [0.15, 0.2) is 48.5 Å². The fourth-order valence-corrected chi connectivity index (χ4v) is 3.52. The van der Waals surface area contributed by atoms with Crippen LogP contribution in [-0.4, -0.2) is 10.2 Å². The maximum atomic E-state index is 9.47. The Morgan fingerprint density at radius 2 is 0.885 bits per heavy atom. The molecule has 2 rings (SSSR count). The Morgan fingerprint density at radius 1 is 0.462 bits per heavy atom. The molecule has 0 amide bonds. The topological polar surface area (TPSA) is 40.5 Å². The van der Waals surface area contributed by atoms with Crippen molar-refractivity contribution in [1.29, 1.82) is 0 Å². The van der Waals surface area contributed by atoms with Crippen molar-refractivity contribution in [3.63, 3.8) is 0 Å². The highest BCUT2D eigenvalue weighted by Crippen LogP contribution is 2.22. The summed E-state index contributed by atoms with van der Waals surface area (Å²) in [5.74, 6) is 0.313. The molecule has 0 radical (unpaired) electrons. The van der Waals surface area contributed by atoms with Gasteiger partial charge in [0.1, 0.15) is 11.5 Å². The first kappa shape index (κ1) is 20.4. The fraction of sp³-hybridized carbons (Fsp3) is 0.500. The molecule has 0 bridgehead atoms. The third kappa shape index (κ3) is 8.94. The molecule has 0 aliphatic heterocycles. The van der Waals surface area contributed by atoms with Crippen LogP contribution in [-0.2, 0) is 12.8 Å². The van der Waals surface area contributed by atoms with Crippen molar-refractivity contribution in [2.75, 3.05) is 0 Å². The van der Waals surface area contributed by atoms with Crippen molar-refractivity contribution in [2.45, 2.75) is 77.0 Å². The van der Waals surface area contributed by atoms with Crippen molar-refractivity contribution in [2.24, 2.45) is 0 Å². The monoisotopic (exact) mass is 354 g/mol. The van der Waals surface area contributed by atoms with E-state index in [4.69, 9.17) is 0 Å². The summed E-state index contributed by atoms with van der Waals surface area (Å²) < 4.78 is 0. The van der Waals surface area contributed by atoms with E-state index in [1.54, 1.807) is 12.1 Å². The van der Waals surface area contributed by atoms with E-state index in [0.717, 1.165) is 18.4 Å². The van der Waals surface area contributed by atoms with Crippen LogP contribution >= 0.6 is 0 Å². The second-order valence-electron chi connectivity index (χ2n) is 7.38. The molecule has 26 heavy (non-hydrogen) atoms. The van der Waals surface area contributed by atoms with Crippen molar-refractivity contribution < 1.29 is 10.2 Å². The minimum absolute atomic E-state index is 0.156. The molecule has 2 aromatic rings. The predicted octanol–water partition coefficient (Wildman–Crippen LogP) is 6.78. The second kappa shape index (κ2) is 12.4. The zero-order valence-electron chi connectivity index (χ0n) is 16.0. The summed E-state index contributed by atoms with van der Waals surface area (Å²) in [6.45, 7) is 0. The van der Waals surface area contributed by atoms with Gasteiger partial charge in [-0.25, -0.2) is 0 Å². The molecule has 0 fully saturated rings. The molecule has 0 heterocycles. The Hall–Kier alpha value is -1.96. The molecule has 2 N–H and O–H groups in total. The molecule has 0 aliphatic rings. The van der Waals surface area contributed by atoms with Crippen LogP contribution in [0.25, 0.3) is 0 Å². The number of phenolic OH excluding ortho intramolecular Hbond substituents is 2. The van der Waals surface area contributed by atoms with Crippen LogP contribution in [0, 0.1) is 0 Å². The van der Waals surface area contributed by atoms with E-state index < -0.39 is 0 Å². The molecule has 2 aromatic carbocycles. The smallest absolute Gasteiger partial charge is 0.119 e. The van der Waals surface area contributed by atoms with Crippen LogP contribution < -0.4 is 0 Å². The summed E-state index contributed by atoms with van der Waals surface area (Å²) in [7, 11) is 0. The van der Waals surface area contributed by atoms with Crippen LogP contribution in [0.1, 0.15) is 75.3 Å². The highest BCUT2D eigenvalue weighted by atomic mass is 16.3. The lowest BCUT2D eigenvalue weighted by Crippen LogP contribution is -1.87. The van der Waals surface area contributed by atoms with Crippen molar-refractivity contribution >= 4 is 0 Å². The van der Waals surface area contributed by atoms with E-state index >= 15 is 0 Å². The molecular weight excluding hydrogens is 320 g/mol. The van der Waals surface area contributed by atoms with E-state index in [0.29, 0.717) is 0 Å². The first-order valence-electron chi connectivity index (χ1n) is 10.3. The SMILES string of the molecule is Oc1cc(O)cc(CCCCCCCCCCCCc2ccccc2)c1. The minimum atomic E-state index is 0.156. The minimum Gasteiger partial charge on any atom is -0.508 e. The normalized spacial score (nSPS) is 10.9. The standard InChI is InChI=1S/C24H34O2/c25-23-18-22(19-24(26)20-23)17-11-8-6-4-2-1-3-5-7-10-14-21-15-12-9-13-16-21/h9,12-13,15-16,18-20,25-26H,1-8,10-11,14,17H2. The largest absolute Gasteiger partial charge is 0.508 e. The predicted molar refractivity (Wildman–Crippen MR) is 110 cm³/mol. The summed E-state index contributed by atoms with van der Waals surface area (Å²) in [4.78, 5) is 0. The summed E-state index contributed by atoms with van der Waals surface area (Å²) in [6.07, 6.45) is 15.3. The Morgan fingerprint density at radius 3 is 1.38 bits per heavy atom. The van der Waals surface area contributed by atoms with E-state index in [1.807, 2.05) is 0 Å². The van der Waals surface area contributed by atoms with E-state index in [9.17, 15) is 10.2 Å². The molecule has 2 nitrogen and oxygen atoms in total. The van der Waals surface area contributed by atoms with Crippen LogP contribution in [0.2, 0.25) is 0 Å². The first-order chi connectivity index (χ1) is 12.7. The van der Waals surface area contributed by atoms with Crippen molar-refractivity contribution in [3.05, 3.63) is 59.7 Å². The zero-order valence-corrected chi connectivity index (χ0v) is 16.0. The number of hydrogen-bond acceptors (Lipinski definition) is 2. The highest BCUT2D eigenvalue weighted by molar-refractivity contribution is 5.36. The van der Waals surface area contributed by atoms with Gasteiger partial charge in [0.15, 0.2) is 0 Å². The number of rotatable bonds is 13. The van der Waals surface area contributed by atoms with E-state index in [2.05, 4.69) is 30.3 Å². The van der Waals surface area contributed by atoms with Gasteiger partial charge in [0.2, 0.25) is 0 Å². The average Bonchev–Trinajstić information content (AvgIpc) is 2.63. The fourth-order valence-electron chi connectivity index (χ4n) is 3.52. The first-order valence-corrected chi connectivity index (χ1v) is 10.3. The molecule has 0 aliphatic carbocycles. The number of aryl methyl sites for hydroxylation is 2. The van der Waals surface area contributed by atoms with Crippen LogP contribution in [0.4, 0.5) is 0 Å². The second-order valence-corrected chi connectivity index (χ2v) is 7.38. The highest BCUT2D eigenvalue weighted by Gasteiger charge is 2.00. The Labute approximate surface area is 158 Å². The van der Waals surface area contributed by atoms with Gasteiger partial charge in [-0.3, -0.25) is 0 Å². The number of phenols is 2. The molecule has 2 heteroatoms. The van der Waals surface area contributed by atoms with Gasteiger partial charge in [-0.05, 0) is 48.9 Å². The van der Waals surface area contributed by atoms with Gasteiger partial charge in [0.25, 0.3) is 0 Å². The Balaban J connectivity index is 1.37. The number of unbranched alkanes of at least 4 members (excludes halogenated alkanes) is 9. The third-order valence-electron chi connectivity index (χ3n) is 4.99. The van der Waals surface area contributed by atoms with Gasteiger partial charge < -0.3 is 10.2 Å². The molecule has 0 spiro atoms.